The van der Waals surface area contributed by atoms with Gasteiger partial charge in [-0.25, -0.2) is 4.98 Å². The van der Waals surface area contributed by atoms with Gasteiger partial charge in [0, 0.05) is 44.0 Å². The normalized spacial score (nSPS) is 18.1. The van der Waals surface area contributed by atoms with Gasteiger partial charge in [-0.1, -0.05) is 6.92 Å². The van der Waals surface area contributed by atoms with Crippen LogP contribution in [0.25, 0.3) is 0 Å². The van der Waals surface area contributed by atoms with Crippen LogP contribution in [0, 0.1) is 5.92 Å². The zero-order valence-corrected chi connectivity index (χ0v) is 14.6. The lowest BCUT2D eigenvalue weighted by molar-refractivity contribution is -0.132. The number of hydrogen-bond acceptors (Lipinski definition) is 4. The topological polar surface area (TPSA) is 62.3 Å². The first-order valence-electron chi connectivity index (χ1n) is 8.03. The van der Waals surface area contributed by atoms with Gasteiger partial charge in [-0.2, -0.15) is 13.2 Å². The SMILES string of the molecule is CC1CCCN(C(=O)CCNC(=O)c2cccnc2SC(F)(F)F)C1. The summed E-state index contributed by atoms with van der Waals surface area (Å²) < 4.78 is 37.6. The van der Waals surface area contributed by atoms with Crippen LogP contribution in [0.15, 0.2) is 23.4 Å². The van der Waals surface area contributed by atoms with Crippen LogP contribution in [-0.4, -0.2) is 46.8 Å². The Kier molecular flexibility index (Phi) is 6.69. The van der Waals surface area contributed by atoms with Crippen molar-refractivity contribution in [3.8, 4) is 0 Å². The second kappa shape index (κ2) is 8.55. The van der Waals surface area contributed by atoms with Crippen LogP contribution in [0.4, 0.5) is 13.2 Å². The molecule has 1 aromatic rings. The number of likely N-dealkylation sites (tertiary alicyclic amines) is 1. The molecule has 0 spiro atoms. The molecule has 1 aliphatic rings. The molecule has 1 aliphatic heterocycles. The number of hydrogen-bond donors (Lipinski definition) is 1. The number of nitrogens with zero attached hydrogens (tertiary/aromatic N) is 2. The van der Waals surface area contributed by atoms with E-state index in [2.05, 4.69) is 17.2 Å². The van der Waals surface area contributed by atoms with Crippen LogP contribution in [0.1, 0.15) is 36.5 Å². The lowest BCUT2D eigenvalue weighted by atomic mass is 10.00. The second-order valence-corrected chi connectivity index (χ2v) is 7.05. The molecule has 1 atom stereocenters. The van der Waals surface area contributed by atoms with Crippen molar-refractivity contribution in [3.05, 3.63) is 23.9 Å². The molecular weight excluding hydrogens is 355 g/mol. The maximum Gasteiger partial charge on any atom is 0.447 e. The fraction of sp³-hybridized carbons (Fsp3) is 0.562. The third-order valence-corrected chi connectivity index (χ3v) is 4.61. The van der Waals surface area contributed by atoms with Gasteiger partial charge in [-0.3, -0.25) is 9.59 Å². The molecule has 1 aromatic heterocycles. The summed E-state index contributed by atoms with van der Waals surface area (Å²) in [6.07, 6.45) is 3.39. The summed E-state index contributed by atoms with van der Waals surface area (Å²) in [6.45, 7) is 3.59. The lowest BCUT2D eigenvalue weighted by Gasteiger charge is -2.31. The van der Waals surface area contributed by atoms with E-state index in [1.54, 1.807) is 4.90 Å². The molecule has 25 heavy (non-hydrogen) atoms. The second-order valence-electron chi connectivity index (χ2n) is 6.00. The first-order valence-corrected chi connectivity index (χ1v) is 8.84. The van der Waals surface area contributed by atoms with Gasteiger partial charge in [-0.05, 0) is 30.9 Å². The Morgan fingerprint density at radius 1 is 1.44 bits per heavy atom. The average molecular weight is 375 g/mol. The van der Waals surface area contributed by atoms with Gasteiger partial charge in [0.2, 0.25) is 5.91 Å². The van der Waals surface area contributed by atoms with Crippen molar-refractivity contribution in [3.63, 3.8) is 0 Å². The van der Waals surface area contributed by atoms with Crippen molar-refractivity contribution in [2.75, 3.05) is 19.6 Å². The Morgan fingerprint density at radius 2 is 2.20 bits per heavy atom. The number of aromatic nitrogens is 1. The molecule has 2 amide bonds. The molecule has 9 heteroatoms. The van der Waals surface area contributed by atoms with Gasteiger partial charge in [0.1, 0.15) is 5.03 Å². The van der Waals surface area contributed by atoms with Crippen LogP contribution < -0.4 is 5.32 Å². The monoisotopic (exact) mass is 375 g/mol. The molecule has 0 aliphatic carbocycles. The summed E-state index contributed by atoms with van der Waals surface area (Å²) in [5.41, 5.74) is -4.67. The molecule has 1 unspecified atom stereocenters. The molecule has 1 saturated heterocycles. The minimum atomic E-state index is -4.52. The Labute approximate surface area is 148 Å². The summed E-state index contributed by atoms with van der Waals surface area (Å²) in [5.74, 6) is -0.257. The Morgan fingerprint density at radius 3 is 2.88 bits per heavy atom. The number of carbonyl (C=O) groups is 2. The first-order chi connectivity index (χ1) is 11.8. The maximum atomic E-state index is 12.5. The molecule has 2 rings (SSSR count). The summed E-state index contributed by atoms with van der Waals surface area (Å²) in [5, 5.41) is 2.10. The average Bonchev–Trinajstić information content (AvgIpc) is 2.53. The number of piperidine rings is 1. The van der Waals surface area contributed by atoms with E-state index >= 15 is 0 Å². The first kappa shape index (κ1) is 19.6. The number of rotatable bonds is 5. The summed E-state index contributed by atoms with van der Waals surface area (Å²) in [6, 6.07) is 2.68. The van der Waals surface area contributed by atoms with Crippen molar-refractivity contribution in [1.29, 1.82) is 0 Å². The molecule has 0 saturated carbocycles. The van der Waals surface area contributed by atoms with Crippen LogP contribution in [0.2, 0.25) is 0 Å². The van der Waals surface area contributed by atoms with Gasteiger partial charge in [-0.15, -0.1) is 0 Å². The number of amides is 2. The zero-order valence-electron chi connectivity index (χ0n) is 13.8. The van der Waals surface area contributed by atoms with Crippen LogP contribution in [0.5, 0.6) is 0 Å². The third kappa shape index (κ3) is 6.22. The van der Waals surface area contributed by atoms with Gasteiger partial charge in [0.15, 0.2) is 0 Å². The molecule has 138 valence electrons. The third-order valence-electron chi connectivity index (χ3n) is 3.86. The number of nitrogens with one attached hydrogen (secondary N) is 1. The van der Waals surface area contributed by atoms with E-state index in [9.17, 15) is 22.8 Å². The smallest absolute Gasteiger partial charge is 0.351 e. The summed E-state index contributed by atoms with van der Waals surface area (Å²) in [7, 11) is 0. The zero-order chi connectivity index (χ0) is 18.4. The summed E-state index contributed by atoms with van der Waals surface area (Å²) in [4.78, 5) is 29.6. The minimum Gasteiger partial charge on any atom is -0.351 e. The largest absolute Gasteiger partial charge is 0.447 e. The maximum absolute atomic E-state index is 12.5. The van der Waals surface area contributed by atoms with Crippen molar-refractivity contribution in [2.45, 2.75) is 36.7 Å². The molecule has 2 heterocycles. The quantitative estimate of drug-likeness (QED) is 0.804. The standard InChI is InChI=1S/C16H20F3N3O2S/c1-11-4-3-9-22(10-11)13(23)6-8-20-14(24)12-5-2-7-21-15(12)25-16(17,18)19/h2,5,7,11H,3-4,6,8-10H2,1H3,(H,20,24). The van der Waals surface area contributed by atoms with E-state index in [1.807, 2.05) is 0 Å². The number of alkyl halides is 3. The highest BCUT2D eigenvalue weighted by Gasteiger charge is 2.32. The highest BCUT2D eigenvalue weighted by atomic mass is 32.2. The van der Waals surface area contributed by atoms with E-state index in [0.29, 0.717) is 19.0 Å². The van der Waals surface area contributed by atoms with Crippen molar-refractivity contribution in [2.24, 2.45) is 5.92 Å². The van der Waals surface area contributed by atoms with E-state index in [0.717, 1.165) is 12.8 Å². The van der Waals surface area contributed by atoms with Crippen molar-refractivity contribution < 1.29 is 22.8 Å². The molecule has 0 aromatic carbocycles. The van der Waals surface area contributed by atoms with E-state index in [-0.39, 0.29) is 24.4 Å². The predicted molar refractivity (Wildman–Crippen MR) is 88.1 cm³/mol. The van der Waals surface area contributed by atoms with E-state index < -0.39 is 28.2 Å². The Bertz CT molecular complexity index is 625. The molecule has 1 fully saturated rings. The van der Waals surface area contributed by atoms with Crippen molar-refractivity contribution in [1.82, 2.24) is 15.2 Å². The number of halogens is 3. The highest BCUT2D eigenvalue weighted by molar-refractivity contribution is 8.00. The molecule has 1 N–H and O–H groups in total. The van der Waals surface area contributed by atoms with E-state index in [4.69, 9.17) is 0 Å². The van der Waals surface area contributed by atoms with Gasteiger partial charge < -0.3 is 10.2 Å². The molecule has 5 nitrogen and oxygen atoms in total. The van der Waals surface area contributed by atoms with E-state index in [1.165, 1.54) is 18.3 Å². The number of pyridine rings is 1. The molecule has 0 radical (unpaired) electrons. The fourth-order valence-electron chi connectivity index (χ4n) is 2.71. The fourth-order valence-corrected chi connectivity index (χ4v) is 3.31. The number of thioether (sulfide) groups is 1. The van der Waals surface area contributed by atoms with Gasteiger partial charge in [0.25, 0.3) is 5.91 Å². The van der Waals surface area contributed by atoms with Crippen LogP contribution >= 0.6 is 11.8 Å². The predicted octanol–water partition coefficient (Wildman–Crippen LogP) is 3.07. The van der Waals surface area contributed by atoms with Crippen LogP contribution in [-0.2, 0) is 4.79 Å². The lowest BCUT2D eigenvalue weighted by Crippen LogP contribution is -2.40. The number of carbonyl (C=O) groups excluding carboxylic acids is 2. The Balaban J connectivity index is 1.87. The molecular formula is C16H20F3N3O2S. The summed E-state index contributed by atoms with van der Waals surface area (Å²) >= 11 is -0.429. The molecule has 0 bridgehead atoms. The van der Waals surface area contributed by atoms with Crippen LogP contribution in [0.3, 0.4) is 0 Å². The van der Waals surface area contributed by atoms with Gasteiger partial charge >= 0.3 is 5.51 Å². The minimum absolute atomic E-state index is 0.0528. The van der Waals surface area contributed by atoms with Crippen molar-refractivity contribution >= 4 is 23.6 Å². The highest BCUT2D eigenvalue weighted by Crippen LogP contribution is 2.37. The Hall–Kier alpha value is -1.77. The van der Waals surface area contributed by atoms with Gasteiger partial charge in [0.05, 0.1) is 5.56 Å².